The SMILES string of the molecule is C=C(C)C(C)(N)CCCCCCCCCCCC. The Morgan fingerprint density at radius 3 is 1.67 bits per heavy atom. The number of unbranched alkanes of at least 4 members (excludes halogenated alkanes) is 9. The molecule has 0 aliphatic rings. The quantitative estimate of drug-likeness (QED) is 0.356. The summed E-state index contributed by atoms with van der Waals surface area (Å²) in [6.45, 7) is 10.4. The minimum Gasteiger partial charge on any atom is -0.322 e. The number of nitrogens with two attached hydrogens (primary N) is 1. The van der Waals surface area contributed by atoms with Gasteiger partial charge in [-0.1, -0.05) is 83.3 Å². The van der Waals surface area contributed by atoms with Crippen LogP contribution in [0.4, 0.5) is 0 Å². The predicted molar refractivity (Wildman–Crippen MR) is 83.9 cm³/mol. The first kappa shape index (κ1) is 17.7. The molecule has 0 radical (unpaired) electrons. The largest absolute Gasteiger partial charge is 0.322 e. The van der Waals surface area contributed by atoms with Crippen molar-refractivity contribution in [1.29, 1.82) is 0 Å². The zero-order valence-electron chi connectivity index (χ0n) is 13.1. The summed E-state index contributed by atoms with van der Waals surface area (Å²) in [5.74, 6) is 0. The molecule has 1 heteroatoms. The summed E-state index contributed by atoms with van der Waals surface area (Å²) >= 11 is 0. The highest BCUT2D eigenvalue weighted by Gasteiger charge is 2.17. The predicted octanol–water partition coefficient (Wildman–Crippen LogP) is 5.59. The van der Waals surface area contributed by atoms with Crippen molar-refractivity contribution in [2.24, 2.45) is 5.73 Å². The third kappa shape index (κ3) is 9.70. The number of rotatable bonds is 12. The van der Waals surface area contributed by atoms with Crippen molar-refractivity contribution in [2.75, 3.05) is 0 Å². The summed E-state index contributed by atoms with van der Waals surface area (Å²) in [4.78, 5) is 0. The molecule has 1 nitrogen and oxygen atoms in total. The molecule has 0 heterocycles. The van der Waals surface area contributed by atoms with E-state index in [1.807, 2.05) is 6.92 Å². The Morgan fingerprint density at radius 1 is 0.889 bits per heavy atom. The van der Waals surface area contributed by atoms with Gasteiger partial charge in [-0.2, -0.15) is 0 Å². The molecular weight excluding hydrogens is 218 g/mol. The fraction of sp³-hybridized carbons (Fsp3) is 0.882. The highest BCUT2D eigenvalue weighted by atomic mass is 14.7. The van der Waals surface area contributed by atoms with E-state index in [4.69, 9.17) is 5.73 Å². The molecule has 0 bridgehead atoms. The van der Waals surface area contributed by atoms with Gasteiger partial charge < -0.3 is 5.73 Å². The first-order valence-electron chi connectivity index (χ1n) is 7.95. The van der Waals surface area contributed by atoms with Gasteiger partial charge in [-0.05, 0) is 20.3 Å². The molecule has 2 N–H and O–H groups in total. The third-order valence-corrected chi connectivity index (χ3v) is 4.02. The van der Waals surface area contributed by atoms with Crippen LogP contribution in [0.5, 0.6) is 0 Å². The molecule has 0 spiro atoms. The van der Waals surface area contributed by atoms with Gasteiger partial charge in [-0.15, -0.1) is 0 Å². The molecule has 0 aliphatic carbocycles. The van der Waals surface area contributed by atoms with Crippen molar-refractivity contribution < 1.29 is 0 Å². The van der Waals surface area contributed by atoms with E-state index in [1.165, 1.54) is 64.2 Å². The van der Waals surface area contributed by atoms with Gasteiger partial charge in [0.25, 0.3) is 0 Å². The average molecular weight is 253 g/mol. The fourth-order valence-corrected chi connectivity index (χ4v) is 2.19. The minimum atomic E-state index is -0.153. The minimum absolute atomic E-state index is 0.153. The first-order chi connectivity index (χ1) is 8.50. The summed E-state index contributed by atoms with van der Waals surface area (Å²) in [6, 6.07) is 0. The lowest BCUT2D eigenvalue weighted by Gasteiger charge is -2.24. The smallest absolute Gasteiger partial charge is 0.0334 e. The second-order valence-corrected chi connectivity index (χ2v) is 6.13. The van der Waals surface area contributed by atoms with Crippen LogP contribution in [-0.4, -0.2) is 5.54 Å². The molecule has 0 aromatic carbocycles. The van der Waals surface area contributed by atoms with Crippen LogP contribution in [-0.2, 0) is 0 Å². The summed E-state index contributed by atoms with van der Waals surface area (Å²) in [5.41, 5.74) is 7.13. The molecule has 1 unspecified atom stereocenters. The van der Waals surface area contributed by atoms with E-state index in [0.29, 0.717) is 0 Å². The maximum Gasteiger partial charge on any atom is 0.0334 e. The first-order valence-corrected chi connectivity index (χ1v) is 7.95. The van der Waals surface area contributed by atoms with Crippen molar-refractivity contribution in [3.05, 3.63) is 12.2 Å². The summed E-state index contributed by atoms with van der Waals surface area (Å²) in [7, 11) is 0. The fourth-order valence-electron chi connectivity index (χ4n) is 2.19. The molecule has 0 aromatic heterocycles. The third-order valence-electron chi connectivity index (χ3n) is 4.02. The van der Waals surface area contributed by atoms with E-state index in [9.17, 15) is 0 Å². The number of hydrogen-bond acceptors (Lipinski definition) is 1. The highest BCUT2D eigenvalue weighted by molar-refractivity contribution is 5.09. The van der Waals surface area contributed by atoms with Crippen molar-refractivity contribution in [3.63, 3.8) is 0 Å². The Labute approximate surface area is 115 Å². The Hall–Kier alpha value is -0.300. The molecule has 0 fully saturated rings. The van der Waals surface area contributed by atoms with Crippen LogP contribution < -0.4 is 5.73 Å². The molecular formula is C17H35N. The Bertz CT molecular complexity index is 206. The molecule has 18 heavy (non-hydrogen) atoms. The number of hydrogen-bond donors (Lipinski definition) is 1. The summed E-state index contributed by atoms with van der Waals surface area (Å²) < 4.78 is 0. The lowest BCUT2D eigenvalue weighted by molar-refractivity contribution is 0.461. The van der Waals surface area contributed by atoms with Crippen molar-refractivity contribution >= 4 is 0 Å². The van der Waals surface area contributed by atoms with Crippen LogP contribution in [0.2, 0.25) is 0 Å². The van der Waals surface area contributed by atoms with E-state index >= 15 is 0 Å². The van der Waals surface area contributed by atoms with Gasteiger partial charge in [-0.3, -0.25) is 0 Å². The standard InChI is InChI=1S/C17H35N/c1-5-6-7-8-9-10-11-12-13-14-15-17(4,18)16(2)3/h2,5-15,18H2,1,3-4H3. The van der Waals surface area contributed by atoms with Crippen LogP contribution in [0.1, 0.15) is 91.4 Å². The monoisotopic (exact) mass is 253 g/mol. The van der Waals surface area contributed by atoms with Crippen LogP contribution in [0.25, 0.3) is 0 Å². The molecule has 108 valence electrons. The molecule has 0 amide bonds. The van der Waals surface area contributed by atoms with Crippen LogP contribution in [0.15, 0.2) is 12.2 Å². The van der Waals surface area contributed by atoms with E-state index in [-0.39, 0.29) is 5.54 Å². The van der Waals surface area contributed by atoms with Gasteiger partial charge in [0.2, 0.25) is 0 Å². The van der Waals surface area contributed by atoms with E-state index in [0.717, 1.165) is 12.0 Å². The Balaban J connectivity index is 3.24. The highest BCUT2D eigenvalue weighted by Crippen LogP contribution is 2.19. The molecule has 0 saturated carbocycles. The zero-order valence-corrected chi connectivity index (χ0v) is 13.1. The molecule has 0 aromatic rings. The molecule has 0 rings (SSSR count). The normalized spacial score (nSPS) is 14.4. The topological polar surface area (TPSA) is 26.0 Å². The van der Waals surface area contributed by atoms with Gasteiger partial charge in [0, 0.05) is 5.54 Å². The Morgan fingerprint density at radius 2 is 1.28 bits per heavy atom. The molecule has 0 saturated heterocycles. The lowest BCUT2D eigenvalue weighted by Crippen LogP contribution is -2.36. The van der Waals surface area contributed by atoms with Crippen molar-refractivity contribution in [1.82, 2.24) is 0 Å². The van der Waals surface area contributed by atoms with E-state index in [2.05, 4.69) is 20.4 Å². The molecule has 0 aliphatic heterocycles. The van der Waals surface area contributed by atoms with Crippen LogP contribution in [0.3, 0.4) is 0 Å². The molecule has 1 atom stereocenters. The van der Waals surface area contributed by atoms with Gasteiger partial charge in [0.1, 0.15) is 0 Å². The second kappa shape index (κ2) is 10.6. The maximum atomic E-state index is 6.17. The van der Waals surface area contributed by atoms with E-state index < -0.39 is 0 Å². The van der Waals surface area contributed by atoms with Gasteiger partial charge in [0.05, 0.1) is 0 Å². The van der Waals surface area contributed by atoms with Gasteiger partial charge >= 0.3 is 0 Å². The lowest BCUT2D eigenvalue weighted by atomic mass is 9.89. The van der Waals surface area contributed by atoms with E-state index in [1.54, 1.807) is 0 Å². The summed E-state index contributed by atoms with van der Waals surface area (Å²) in [6.07, 6.45) is 14.9. The van der Waals surface area contributed by atoms with Crippen LogP contribution >= 0.6 is 0 Å². The van der Waals surface area contributed by atoms with Crippen LogP contribution in [0, 0.1) is 0 Å². The summed E-state index contributed by atoms with van der Waals surface area (Å²) in [5, 5.41) is 0. The maximum absolute atomic E-state index is 6.17. The van der Waals surface area contributed by atoms with Gasteiger partial charge in [0.15, 0.2) is 0 Å². The average Bonchev–Trinajstić information content (AvgIpc) is 2.31. The Kier molecular flexibility index (Phi) is 10.4. The zero-order chi connectivity index (χ0) is 13.9. The van der Waals surface area contributed by atoms with Crippen molar-refractivity contribution in [2.45, 2.75) is 96.9 Å². The van der Waals surface area contributed by atoms with Gasteiger partial charge in [-0.25, -0.2) is 0 Å². The second-order valence-electron chi connectivity index (χ2n) is 6.13. The van der Waals surface area contributed by atoms with Crippen molar-refractivity contribution in [3.8, 4) is 0 Å².